The van der Waals surface area contributed by atoms with Crippen molar-refractivity contribution in [3.8, 4) is 17.5 Å². The average molecular weight is 360 g/mol. The lowest BCUT2D eigenvalue weighted by molar-refractivity contribution is -0.119. The maximum Gasteiger partial charge on any atom is 0.231 e. The topological polar surface area (TPSA) is 110 Å². The van der Waals surface area contributed by atoms with Crippen molar-refractivity contribution in [2.24, 2.45) is 0 Å². The summed E-state index contributed by atoms with van der Waals surface area (Å²) in [4.78, 5) is 12.1. The lowest BCUT2D eigenvalue weighted by Crippen LogP contribution is -2.45. The molecule has 0 spiro atoms. The van der Waals surface area contributed by atoms with Gasteiger partial charge in [0.25, 0.3) is 0 Å². The third-order valence-electron chi connectivity index (χ3n) is 4.16. The summed E-state index contributed by atoms with van der Waals surface area (Å²) in [7, 11) is 0. The van der Waals surface area contributed by atoms with Crippen molar-refractivity contribution >= 4 is 17.7 Å². The minimum atomic E-state index is -0.758. The number of nitriles is 1. The highest BCUT2D eigenvalue weighted by Gasteiger charge is 2.35. The van der Waals surface area contributed by atoms with Gasteiger partial charge in [-0.25, -0.2) is 9.07 Å². The van der Waals surface area contributed by atoms with Gasteiger partial charge in [0.1, 0.15) is 11.4 Å². The molecule has 0 aliphatic heterocycles. The van der Waals surface area contributed by atoms with Crippen LogP contribution in [0, 0.1) is 17.1 Å². The molecule has 3 N–H and O–H groups in total. The highest BCUT2D eigenvalue weighted by atomic mass is 32.2. The van der Waals surface area contributed by atoms with Crippen LogP contribution in [0.15, 0.2) is 29.4 Å². The first kappa shape index (κ1) is 17.2. The number of benzene rings is 1. The minimum absolute atomic E-state index is 0.0516. The SMILES string of the molecule is N#CC1(NC(=O)CSc2nnc(-c3ccccc3F)n2N)CCCC1. The lowest BCUT2D eigenvalue weighted by atomic mass is 10.0. The Hall–Kier alpha value is -2.60. The third-order valence-corrected chi connectivity index (χ3v) is 5.10. The molecule has 1 heterocycles. The zero-order valence-electron chi connectivity index (χ0n) is 13.4. The van der Waals surface area contributed by atoms with Gasteiger partial charge in [-0.3, -0.25) is 4.79 Å². The fraction of sp³-hybridized carbons (Fsp3) is 0.375. The predicted octanol–water partition coefficient (Wildman–Crippen LogP) is 1.84. The number of aromatic nitrogens is 3. The molecule has 1 aromatic heterocycles. The second-order valence-electron chi connectivity index (χ2n) is 5.89. The van der Waals surface area contributed by atoms with Crippen LogP contribution in [0.2, 0.25) is 0 Å². The van der Waals surface area contributed by atoms with Crippen molar-refractivity contribution in [3.05, 3.63) is 30.1 Å². The molecule has 130 valence electrons. The fourth-order valence-corrected chi connectivity index (χ4v) is 3.53. The van der Waals surface area contributed by atoms with E-state index in [0.29, 0.717) is 18.0 Å². The summed E-state index contributed by atoms with van der Waals surface area (Å²) in [6.07, 6.45) is 3.21. The first-order valence-electron chi connectivity index (χ1n) is 7.85. The van der Waals surface area contributed by atoms with Gasteiger partial charge in [-0.1, -0.05) is 23.9 Å². The van der Waals surface area contributed by atoms with Crippen LogP contribution < -0.4 is 11.2 Å². The number of carbonyl (C=O) groups excluding carboxylic acids is 1. The van der Waals surface area contributed by atoms with Gasteiger partial charge in [0.05, 0.1) is 17.4 Å². The average Bonchev–Trinajstić information content (AvgIpc) is 3.21. The van der Waals surface area contributed by atoms with Gasteiger partial charge in [0, 0.05) is 0 Å². The van der Waals surface area contributed by atoms with Crippen LogP contribution in [0.5, 0.6) is 0 Å². The smallest absolute Gasteiger partial charge is 0.231 e. The zero-order valence-corrected chi connectivity index (χ0v) is 14.2. The summed E-state index contributed by atoms with van der Waals surface area (Å²) in [5, 5.41) is 20.2. The molecule has 2 aromatic rings. The molecule has 1 fully saturated rings. The number of nitrogens with two attached hydrogens (primary N) is 1. The number of halogens is 1. The Morgan fingerprint density at radius 2 is 2.12 bits per heavy atom. The van der Waals surface area contributed by atoms with E-state index in [-0.39, 0.29) is 23.0 Å². The molecular weight excluding hydrogens is 343 g/mol. The molecule has 0 bridgehead atoms. The first-order valence-corrected chi connectivity index (χ1v) is 8.84. The molecule has 0 saturated heterocycles. The Morgan fingerprint density at radius 1 is 1.40 bits per heavy atom. The number of nitrogen functional groups attached to an aromatic ring is 1. The monoisotopic (exact) mass is 360 g/mol. The zero-order chi connectivity index (χ0) is 17.9. The van der Waals surface area contributed by atoms with Crippen LogP contribution in [0.1, 0.15) is 25.7 Å². The van der Waals surface area contributed by atoms with Gasteiger partial charge in [-0.05, 0) is 37.8 Å². The summed E-state index contributed by atoms with van der Waals surface area (Å²) >= 11 is 1.09. The van der Waals surface area contributed by atoms with Gasteiger partial charge in [0.15, 0.2) is 5.82 Å². The molecule has 1 aromatic carbocycles. The summed E-state index contributed by atoms with van der Waals surface area (Å²) in [5.74, 6) is 5.45. The van der Waals surface area contributed by atoms with E-state index in [1.807, 2.05) is 0 Å². The Morgan fingerprint density at radius 3 is 2.80 bits per heavy atom. The molecule has 1 amide bonds. The van der Waals surface area contributed by atoms with Crippen molar-refractivity contribution in [1.82, 2.24) is 20.2 Å². The standard InChI is InChI=1S/C16H17FN6OS/c17-12-6-2-1-5-11(12)14-21-22-15(23(14)19)25-9-13(24)20-16(10-18)7-3-4-8-16/h1-2,5-6H,3-4,7-9,19H2,(H,20,24). The van der Waals surface area contributed by atoms with E-state index in [9.17, 15) is 14.4 Å². The summed E-state index contributed by atoms with van der Waals surface area (Å²) in [5.41, 5.74) is -0.519. The Bertz CT molecular complexity index is 824. The van der Waals surface area contributed by atoms with Gasteiger partial charge >= 0.3 is 0 Å². The summed E-state index contributed by atoms with van der Waals surface area (Å²) in [6.45, 7) is 0. The number of thioether (sulfide) groups is 1. The van der Waals surface area contributed by atoms with Crippen molar-refractivity contribution in [3.63, 3.8) is 0 Å². The maximum atomic E-state index is 13.8. The Labute approximate surface area is 148 Å². The molecule has 25 heavy (non-hydrogen) atoms. The minimum Gasteiger partial charge on any atom is -0.337 e. The lowest BCUT2D eigenvalue weighted by Gasteiger charge is -2.21. The summed E-state index contributed by atoms with van der Waals surface area (Å²) < 4.78 is 15.0. The van der Waals surface area contributed by atoms with E-state index in [1.165, 1.54) is 6.07 Å². The van der Waals surface area contributed by atoms with Crippen LogP contribution in [-0.2, 0) is 4.79 Å². The number of nitrogens with one attached hydrogen (secondary N) is 1. The molecule has 0 unspecified atom stereocenters. The second-order valence-corrected chi connectivity index (χ2v) is 6.84. The highest BCUT2D eigenvalue weighted by Crippen LogP contribution is 2.29. The quantitative estimate of drug-likeness (QED) is 0.622. The molecular formula is C16H17FN6OS. The van der Waals surface area contributed by atoms with E-state index < -0.39 is 11.4 Å². The number of rotatable bonds is 5. The molecule has 7 nitrogen and oxygen atoms in total. The molecule has 9 heteroatoms. The highest BCUT2D eigenvalue weighted by molar-refractivity contribution is 7.99. The molecule has 1 saturated carbocycles. The van der Waals surface area contributed by atoms with Gasteiger partial charge in [-0.15, -0.1) is 10.2 Å². The van der Waals surface area contributed by atoms with E-state index in [1.54, 1.807) is 18.2 Å². The van der Waals surface area contributed by atoms with E-state index in [2.05, 4.69) is 21.6 Å². The molecule has 0 radical (unpaired) electrons. The normalized spacial score (nSPS) is 15.7. The van der Waals surface area contributed by atoms with Crippen molar-refractivity contribution < 1.29 is 9.18 Å². The number of hydrogen-bond acceptors (Lipinski definition) is 6. The van der Waals surface area contributed by atoms with Crippen LogP contribution in [-0.4, -0.2) is 32.1 Å². The van der Waals surface area contributed by atoms with Crippen LogP contribution in [0.3, 0.4) is 0 Å². The van der Waals surface area contributed by atoms with Crippen molar-refractivity contribution in [1.29, 1.82) is 5.26 Å². The van der Waals surface area contributed by atoms with E-state index >= 15 is 0 Å². The summed E-state index contributed by atoms with van der Waals surface area (Å²) in [6, 6.07) is 8.33. The van der Waals surface area contributed by atoms with Crippen LogP contribution in [0.25, 0.3) is 11.4 Å². The number of nitrogens with zero attached hydrogens (tertiary/aromatic N) is 4. The van der Waals surface area contributed by atoms with Crippen LogP contribution >= 0.6 is 11.8 Å². The maximum absolute atomic E-state index is 13.8. The molecule has 3 rings (SSSR count). The molecule has 1 aliphatic rings. The molecule has 0 atom stereocenters. The Balaban J connectivity index is 1.66. The van der Waals surface area contributed by atoms with Gasteiger partial charge in [-0.2, -0.15) is 5.26 Å². The molecule has 1 aliphatic carbocycles. The van der Waals surface area contributed by atoms with E-state index in [0.717, 1.165) is 29.3 Å². The van der Waals surface area contributed by atoms with Gasteiger partial charge < -0.3 is 11.2 Å². The van der Waals surface area contributed by atoms with Crippen LogP contribution in [0.4, 0.5) is 4.39 Å². The van der Waals surface area contributed by atoms with Gasteiger partial charge in [0.2, 0.25) is 11.1 Å². The second kappa shape index (κ2) is 7.11. The van der Waals surface area contributed by atoms with Crippen molar-refractivity contribution in [2.75, 3.05) is 11.6 Å². The number of amides is 1. The first-order chi connectivity index (χ1) is 12.0. The predicted molar refractivity (Wildman–Crippen MR) is 91.2 cm³/mol. The number of hydrogen-bond donors (Lipinski definition) is 2. The Kier molecular flexibility index (Phi) is 4.90. The fourth-order valence-electron chi connectivity index (χ4n) is 2.88. The third kappa shape index (κ3) is 3.58. The van der Waals surface area contributed by atoms with Crippen molar-refractivity contribution in [2.45, 2.75) is 36.4 Å². The number of carbonyl (C=O) groups is 1. The van der Waals surface area contributed by atoms with E-state index in [4.69, 9.17) is 5.84 Å². The largest absolute Gasteiger partial charge is 0.337 e.